The summed E-state index contributed by atoms with van der Waals surface area (Å²) < 4.78 is 10.4. The normalized spacial score (nSPS) is 10.1. The van der Waals surface area contributed by atoms with Crippen LogP contribution in [0.5, 0.6) is 0 Å². The summed E-state index contributed by atoms with van der Waals surface area (Å²) in [5.74, 6) is -1.22. The van der Waals surface area contributed by atoms with E-state index >= 15 is 0 Å². The molecule has 0 bridgehead atoms. The molecule has 7 nitrogen and oxygen atoms in total. The van der Waals surface area contributed by atoms with Gasteiger partial charge in [0.05, 0.1) is 14.2 Å². The zero-order chi connectivity index (χ0) is 12.8. The molecule has 1 aromatic heterocycles. The first-order valence-corrected chi connectivity index (χ1v) is 4.99. The topological polar surface area (TPSA) is 90.7 Å². The maximum Gasteiger partial charge on any atom is 0.358 e. The van der Waals surface area contributed by atoms with Crippen LogP contribution in [0.2, 0.25) is 0 Å². The summed E-state index contributed by atoms with van der Waals surface area (Å²) in [5.41, 5.74) is 0.187. The van der Waals surface area contributed by atoms with Crippen molar-refractivity contribution in [2.24, 2.45) is 0 Å². The van der Waals surface area contributed by atoms with Crippen LogP contribution in [0, 0.1) is 0 Å². The Kier molecular flexibility index (Phi) is 4.65. The van der Waals surface area contributed by atoms with E-state index in [9.17, 15) is 9.59 Å². The second kappa shape index (κ2) is 6.00. The lowest BCUT2D eigenvalue weighted by atomic mass is 10.3. The fourth-order valence-corrected chi connectivity index (χ4v) is 1.28. The molecule has 0 amide bonds. The van der Waals surface area contributed by atoms with Crippen molar-refractivity contribution in [3.05, 3.63) is 17.5 Å². The average molecular weight is 242 g/mol. The SMILES string of the molecule is COC(=O)c1cc(C(=O)OC)n(CCCO)n1. The molecule has 0 fully saturated rings. The predicted octanol–water partition coefficient (Wildman–Crippen LogP) is -0.161. The average Bonchev–Trinajstić information content (AvgIpc) is 2.78. The summed E-state index contributed by atoms with van der Waals surface area (Å²) in [6.45, 7) is 0.284. The number of aryl methyl sites for hydroxylation is 1. The van der Waals surface area contributed by atoms with E-state index in [1.165, 1.54) is 25.0 Å². The van der Waals surface area contributed by atoms with Gasteiger partial charge in [-0.05, 0) is 6.42 Å². The minimum Gasteiger partial charge on any atom is -0.464 e. The van der Waals surface area contributed by atoms with Crippen LogP contribution in [0.15, 0.2) is 6.07 Å². The van der Waals surface area contributed by atoms with Crippen molar-refractivity contribution in [2.45, 2.75) is 13.0 Å². The van der Waals surface area contributed by atoms with Gasteiger partial charge in [-0.2, -0.15) is 5.10 Å². The van der Waals surface area contributed by atoms with Gasteiger partial charge in [0.25, 0.3) is 0 Å². The molecule has 1 heterocycles. The van der Waals surface area contributed by atoms with Crippen LogP contribution in [-0.2, 0) is 16.0 Å². The number of ether oxygens (including phenoxy) is 2. The summed E-state index contributed by atoms with van der Waals surface area (Å²) in [6, 6.07) is 1.30. The Balaban J connectivity index is 3.02. The number of carbonyl (C=O) groups is 2. The fourth-order valence-electron chi connectivity index (χ4n) is 1.28. The van der Waals surface area contributed by atoms with Crippen molar-refractivity contribution < 1.29 is 24.2 Å². The highest BCUT2D eigenvalue weighted by Gasteiger charge is 2.19. The second-order valence-corrected chi connectivity index (χ2v) is 3.20. The Labute approximate surface area is 97.9 Å². The van der Waals surface area contributed by atoms with Gasteiger partial charge in [-0.25, -0.2) is 9.59 Å². The first-order chi connectivity index (χ1) is 8.13. The number of nitrogens with zero attached hydrogens (tertiary/aromatic N) is 2. The minimum atomic E-state index is -0.627. The van der Waals surface area contributed by atoms with E-state index in [2.05, 4.69) is 14.6 Å². The van der Waals surface area contributed by atoms with Gasteiger partial charge in [-0.15, -0.1) is 0 Å². The Morgan fingerprint density at radius 3 is 2.53 bits per heavy atom. The fraction of sp³-hybridized carbons (Fsp3) is 0.500. The molecule has 0 saturated carbocycles. The van der Waals surface area contributed by atoms with Gasteiger partial charge in [0.15, 0.2) is 5.69 Å². The Morgan fingerprint density at radius 1 is 1.35 bits per heavy atom. The zero-order valence-electron chi connectivity index (χ0n) is 9.67. The monoisotopic (exact) mass is 242 g/mol. The van der Waals surface area contributed by atoms with E-state index < -0.39 is 11.9 Å². The van der Waals surface area contributed by atoms with Crippen LogP contribution < -0.4 is 0 Å². The third-order valence-corrected chi connectivity index (χ3v) is 2.10. The molecular formula is C10H14N2O5. The van der Waals surface area contributed by atoms with Gasteiger partial charge >= 0.3 is 11.9 Å². The van der Waals surface area contributed by atoms with Crippen LogP contribution in [0.25, 0.3) is 0 Å². The van der Waals surface area contributed by atoms with E-state index in [1.54, 1.807) is 0 Å². The quantitative estimate of drug-likeness (QED) is 0.721. The molecule has 0 aliphatic carbocycles. The third-order valence-electron chi connectivity index (χ3n) is 2.10. The molecule has 0 aliphatic heterocycles. The Morgan fingerprint density at radius 2 is 2.00 bits per heavy atom. The van der Waals surface area contributed by atoms with E-state index in [1.807, 2.05) is 0 Å². The molecule has 0 aliphatic rings. The highest BCUT2D eigenvalue weighted by atomic mass is 16.5. The lowest BCUT2D eigenvalue weighted by Gasteiger charge is -2.03. The lowest BCUT2D eigenvalue weighted by Crippen LogP contribution is -2.13. The predicted molar refractivity (Wildman–Crippen MR) is 56.6 cm³/mol. The number of esters is 2. The van der Waals surface area contributed by atoms with E-state index in [0.717, 1.165) is 0 Å². The largest absolute Gasteiger partial charge is 0.464 e. The smallest absolute Gasteiger partial charge is 0.358 e. The molecular weight excluding hydrogens is 228 g/mol. The Bertz CT molecular complexity index is 413. The highest BCUT2D eigenvalue weighted by Crippen LogP contribution is 2.08. The highest BCUT2D eigenvalue weighted by molar-refractivity contribution is 5.93. The minimum absolute atomic E-state index is 0.0332. The van der Waals surface area contributed by atoms with Crippen LogP contribution >= 0.6 is 0 Å². The van der Waals surface area contributed by atoms with Crippen LogP contribution in [0.4, 0.5) is 0 Å². The third kappa shape index (κ3) is 3.04. The van der Waals surface area contributed by atoms with Crippen LogP contribution in [0.3, 0.4) is 0 Å². The number of hydrogen-bond donors (Lipinski definition) is 1. The number of rotatable bonds is 5. The number of aliphatic hydroxyl groups is 1. The summed E-state index contributed by atoms with van der Waals surface area (Å²) in [4.78, 5) is 22.7. The van der Waals surface area contributed by atoms with Crippen molar-refractivity contribution in [3.63, 3.8) is 0 Å². The molecule has 0 unspecified atom stereocenters. The van der Waals surface area contributed by atoms with Gasteiger partial charge in [-0.1, -0.05) is 0 Å². The number of aromatic nitrogens is 2. The molecule has 1 N–H and O–H groups in total. The van der Waals surface area contributed by atoms with E-state index in [4.69, 9.17) is 5.11 Å². The molecule has 0 aromatic carbocycles. The summed E-state index contributed by atoms with van der Waals surface area (Å²) in [5, 5.41) is 12.6. The lowest BCUT2D eigenvalue weighted by molar-refractivity contribution is 0.0580. The number of carbonyl (C=O) groups excluding carboxylic acids is 2. The summed E-state index contributed by atoms with van der Waals surface area (Å²) in [6.07, 6.45) is 0.423. The standard InChI is InChI=1S/C10H14N2O5/c1-16-9(14)7-6-8(10(15)17-2)12(11-7)4-3-5-13/h6,13H,3-5H2,1-2H3. The second-order valence-electron chi connectivity index (χ2n) is 3.20. The maximum atomic E-state index is 11.4. The van der Waals surface area contributed by atoms with Gasteiger partial charge in [0.1, 0.15) is 5.69 Å². The van der Waals surface area contributed by atoms with Crippen molar-refractivity contribution in [2.75, 3.05) is 20.8 Å². The van der Waals surface area contributed by atoms with E-state index in [0.29, 0.717) is 13.0 Å². The van der Waals surface area contributed by atoms with Crippen LogP contribution in [-0.4, -0.2) is 47.7 Å². The van der Waals surface area contributed by atoms with Crippen molar-refractivity contribution in [1.82, 2.24) is 9.78 Å². The molecule has 17 heavy (non-hydrogen) atoms. The molecule has 7 heteroatoms. The van der Waals surface area contributed by atoms with Crippen molar-refractivity contribution in [3.8, 4) is 0 Å². The number of aliphatic hydroxyl groups excluding tert-OH is 1. The molecule has 0 saturated heterocycles. The van der Waals surface area contributed by atoms with Gasteiger partial charge in [0.2, 0.25) is 0 Å². The molecule has 1 rings (SSSR count). The number of hydrogen-bond acceptors (Lipinski definition) is 6. The number of methoxy groups -OCH3 is 2. The van der Waals surface area contributed by atoms with Crippen molar-refractivity contribution >= 4 is 11.9 Å². The molecule has 0 atom stereocenters. The molecule has 0 radical (unpaired) electrons. The first kappa shape index (κ1) is 13.2. The first-order valence-electron chi connectivity index (χ1n) is 4.99. The summed E-state index contributed by atoms with van der Waals surface area (Å²) in [7, 11) is 2.47. The van der Waals surface area contributed by atoms with Crippen molar-refractivity contribution in [1.29, 1.82) is 0 Å². The molecule has 94 valence electrons. The van der Waals surface area contributed by atoms with Crippen LogP contribution in [0.1, 0.15) is 27.4 Å². The van der Waals surface area contributed by atoms with Gasteiger partial charge in [0, 0.05) is 19.2 Å². The molecule has 0 spiro atoms. The maximum absolute atomic E-state index is 11.4. The summed E-state index contributed by atoms with van der Waals surface area (Å²) >= 11 is 0. The van der Waals surface area contributed by atoms with Gasteiger partial charge < -0.3 is 14.6 Å². The van der Waals surface area contributed by atoms with E-state index in [-0.39, 0.29) is 18.0 Å². The Hall–Kier alpha value is -1.89. The molecule has 1 aromatic rings. The van der Waals surface area contributed by atoms with Gasteiger partial charge in [-0.3, -0.25) is 4.68 Å². The zero-order valence-corrected chi connectivity index (χ0v) is 9.67.